The first-order valence-corrected chi connectivity index (χ1v) is 17.5. The molecule has 1 N–H and O–H groups in total. The summed E-state index contributed by atoms with van der Waals surface area (Å²) in [6.45, 7) is 7.80. The number of esters is 1. The predicted molar refractivity (Wildman–Crippen MR) is 180 cm³/mol. The molecule has 0 bridgehead atoms. The van der Waals surface area contributed by atoms with Gasteiger partial charge < -0.3 is 19.8 Å². The molecule has 0 amide bonds. The summed E-state index contributed by atoms with van der Waals surface area (Å²) in [5.74, 6) is -0.141. The first-order chi connectivity index (χ1) is 21.0. The fraction of sp³-hybridized carbons (Fsp3) is 0.516. The van der Waals surface area contributed by atoms with Crippen molar-refractivity contribution in [1.29, 1.82) is 5.41 Å². The zero-order chi connectivity index (χ0) is 31.3. The molecule has 1 saturated heterocycles. The van der Waals surface area contributed by atoms with Gasteiger partial charge in [-0.1, -0.05) is 36.8 Å². The number of thiazole rings is 1. The number of carbonyl (C=O) groups is 1. The average molecular weight is 677 g/mol. The highest BCUT2D eigenvalue weighted by Gasteiger charge is 2.30. The van der Waals surface area contributed by atoms with E-state index in [1.54, 1.807) is 13.8 Å². The number of ether oxygens (including phenoxy) is 2. The molecule has 4 heterocycles. The van der Waals surface area contributed by atoms with Crippen LogP contribution in [-0.4, -0.2) is 83.5 Å². The third kappa shape index (κ3) is 8.99. The van der Waals surface area contributed by atoms with Gasteiger partial charge in [0.15, 0.2) is 0 Å². The Labute approximate surface area is 275 Å². The van der Waals surface area contributed by atoms with Crippen molar-refractivity contribution in [2.45, 2.75) is 71.0 Å². The van der Waals surface area contributed by atoms with Crippen molar-refractivity contribution in [2.24, 2.45) is 0 Å². The summed E-state index contributed by atoms with van der Waals surface area (Å²) in [6.07, 6.45) is 11.1. The minimum absolute atomic E-state index is 0. The third-order valence-corrected chi connectivity index (χ3v) is 10.7. The molecule has 244 valence electrons. The maximum Gasteiger partial charge on any atom is 0.349 e. The van der Waals surface area contributed by atoms with Crippen molar-refractivity contribution < 1.29 is 22.7 Å². The van der Waals surface area contributed by atoms with Crippen LogP contribution in [0.25, 0.3) is 15.8 Å². The molecule has 0 aliphatic carbocycles. The summed E-state index contributed by atoms with van der Waals surface area (Å²) >= 11 is 1.54. The molecule has 11 nitrogen and oxygen atoms in total. The molecule has 45 heavy (non-hydrogen) atoms. The number of sulfonamides is 1. The second-order valence-corrected chi connectivity index (χ2v) is 14.9. The number of fused-ring (bicyclic) bond motifs is 1. The fourth-order valence-corrected chi connectivity index (χ4v) is 8.02. The molecule has 1 fully saturated rings. The van der Waals surface area contributed by atoms with Gasteiger partial charge in [-0.2, -0.15) is 4.31 Å². The number of hydrogen-bond donors (Lipinski definition) is 1. The summed E-state index contributed by atoms with van der Waals surface area (Å²) in [6, 6.07) is 6.14. The zero-order valence-corrected chi connectivity index (χ0v) is 28.3. The Balaban J connectivity index is 0.00000461. The molecule has 1 aromatic carbocycles. The Kier molecular flexibility index (Phi) is 11.6. The van der Waals surface area contributed by atoms with Crippen molar-refractivity contribution in [3.05, 3.63) is 47.8 Å². The number of aryl methyl sites for hydroxylation is 1. The Morgan fingerprint density at radius 2 is 1.91 bits per heavy atom. The largest absolute Gasteiger partial charge is 0.467 e. The van der Waals surface area contributed by atoms with Gasteiger partial charge in [-0.05, 0) is 55.5 Å². The van der Waals surface area contributed by atoms with E-state index in [1.807, 2.05) is 30.6 Å². The van der Waals surface area contributed by atoms with Crippen molar-refractivity contribution >= 4 is 67.7 Å². The second kappa shape index (κ2) is 15.0. The lowest BCUT2D eigenvalue weighted by atomic mass is 10.0. The summed E-state index contributed by atoms with van der Waals surface area (Å²) in [4.78, 5) is 27.5. The van der Waals surface area contributed by atoms with Crippen LogP contribution in [0.3, 0.4) is 0 Å². The van der Waals surface area contributed by atoms with Gasteiger partial charge in [-0.3, -0.25) is 0 Å². The molecular weight excluding hydrogens is 636 g/mol. The number of aromatic nitrogens is 3. The molecule has 0 radical (unpaired) electrons. The first-order valence-electron chi connectivity index (χ1n) is 15.1. The van der Waals surface area contributed by atoms with Crippen LogP contribution in [0.4, 0.5) is 5.95 Å². The van der Waals surface area contributed by atoms with Crippen molar-refractivity contribution in [3.8, 4) is 5.19 Å². The maximum atomic E-state index is 13.0. The van der Waals surface area contributed by atoms with Gasteiger partial charge in [-0.25, -0.2) is 28.2 Å². The molecule has 2 aliphatic rings. The lowest BCUT2D eigenvalue weighted by Gasteiger charge is -2.31. The Bertz CT molecular complexity index is 1620. The summed E-state index contributed by atoms with van der Waals surface area (Å²) < 4.78 is 39.9. The van der Waals surface area contributed by atoms with Crippen molar-refractivity contribution in [2.75, 3.05) is 36.8 Å². The van der Waals surface area contributed by atoms with E-state index in [2.05, 4.69) is 27.9 Å². The van der Waals surface area contributed by atoms with Gasteiger partial charge in [-0.15, -0.1) is 12.4 Å². The molecule has 2 aliphatic heterocycles. The van der Waals surface area contributed by atoms with Crippen LogP contribution < -0.4 is 9.64 Å². The molecule has 0 spiro atoms. The molecular formula is C31H41ClN6O5S2. The minimum Gasteiger partial charge on any atom is -0.467 e. The van der Waals surface area contributed by atoms with E-state index in [9.17, 15) is 13.2 Å². The molecule has 0 atom stereocenters. The number of rotatable bonds is 12. The number of piperidine rings is 1. The van der Waals surface area contributed by atoms with Crippen LogP contribution in [0.2, 0.25) is 0 Å². The lowest BCUT2D eigenvalue weighted by Crippen LogP contribution is -2.39. The summed E-state index contributed by atoms with van der Waals surface area (Å²) in [7, 11) is -3.53. The third-order valence-electron chi connectivity index (χ3n) is 7.98. The molecule has 14 heteroatoms. The molecule has 5 rings (SSSR count). The number of benzene rings is 1. The van der Waals surface area contributed by atoms with E-state index in [0.29, 0.717) is 30.9 Å². The maximum absolute atomic E-state index is 13.0. The van der Waals surface area contributed by atoms with E-state index < -0.39 is 21.6 Å². The number of halogens is 1. The number of nitrogens with zero attached hydrogens (tertiary/aromatic N) is 5. The SMILES string of the molecule is CCCc1cnc(N2CCC(Oc3nc4ccc(C5=CCN(S(=O)(=O)CCC(C)(C)OC(=O)C=N)CC5)cc4s3)CC2)nc1.Cl. The normalized spacial score (nSPS) is 16.6. The average Bonchev–Trinajstić information content (AvgIpc) is 3.42. The van der Waals surface area contributed by atoms with Crippen LogP contribution in [0, 0.1) is 5.41 Å². The highest BCUT2D eigenvalue weighted by Crippen LogP contribution is 2.34. The van der Waals surface area contributed by atoms with Crippen LogP contribution >= 0.6 is 23.7 Å². The molecule has 3 aromatic rings. The predicted octanol–water partition coefficient (Wildman–Crippen LogP) is 5.29. The quantitative estimate of drug-likeness (QED) is 0.200. The van der Waals surface area contributed by atoms with E-state index in [-0.39, 0.29) is 30.7 Å². The topological polar surface area (TPSA) is 139 Å². The highest BCUT2D eigenvalue weighted by atomic mass is 35.5. The number of carbonyl (C=O) groups excluding carboxylic acids is 1. The zero-order valence-electron chi connectivity index (χ0n) is 25.9. The van der Waals surface area contributed by atoms with Crippen LogP contribution in [0.1, 0.15) is 64.0 Å². The number of hydrogen-bond acceptors (Lipinski definition) is 11. The molecule has 0 saturated carbocycles. The van der Waals surface area contributed by atoms with Gasteiger partial charge in [0.2, 0.25) is 16.0 Å². The second-order valence-electron chi connectivity index (χ2n) is 11.8. The first kappa shape index (κ1) is 34.7. The van der Waals surface area contributed by atoms with Crippen LogP contribution in [0.15, 0.2) is 36.7 Å². The van der Waals surface area contributed by atoms with E-state index in [0.717, 1.165) is 66.1 Å². The minimum atomic E-state index is -3.53. The standard InChI is InChI=1S/C31H40N6O5S2.ClH/c1-4-5-22-20-33-29(34-21-22)36-13-10-25(11-14-36)41-30-35-26-7-6-24(18-27(26)43-30)23-8-15-37(16-9-23)44(39,40)17-12-31(2,3)42-28(38)19-32;/h6-8,18-21,25,32H,4-5,9-17H2,1-3H3;1H. The summed E-state index contributed by atoms with van der Waals surface area (Å²) in [5.41, 5.74) is 3.24. The molecule has 0 unspecified atom stereocenters. The van der Waals surface area contributed by atoms with E-state index in [4.69, 9.17) is 19.9 Å². The fourth-order valence-electron chi connectivity index (χ4n) is 5.42. The smallest absolute Gasteiger partial charge is 0.349 e. The van der Waals surface area contributed by atoms with Gasteiger partial charge in [0, 0.05) is 57.8 Å². The van der Waals surface area contributed by atoms with Gasteiger partial charge in [0.1, 0.15) is 17.9 Å². The Hall–Kier alpha value is -3.13. The molecule has 2 aromatic heterocycles. The Morgan fingerprint density at radius 1 is 1.18 bits per heavy atom. The van der Waals surface area contributed by atoms with E-state index in [1.165, 1.54) is 21.2 Å². The van der Waals surface area contributed by atoms with Crippen molar-refractivity contribution in [1.82, 2.24) is 19.3 Å². The van der Waals surface area contributed by atoms with Gasteiger partial charge in [0.05, 0.1) is 16.0 Å². The number of anilines is 1. The van der Waals surface area contributed by atoms with Crippen LogP contribution in [0.5, 0.6) is 5.19 Å². The highest BCUT2D eigenvalue weighted by molar-refractivity contribution is 7.89. The Morgan fingerprint density at radius 3 is 2.56 bits per heavy atom. The van der Waals surface area contributed by atoms with Gasteiger partial charge in [0.25, 0.3) is 5.19 Å². The number of nitrogens with one attached hydrogen (secondary N) is 1. The summed E-state index contributed by atoms with van der Waals surface area (Å²) in [5, 5.41) is 7.66. The van der Waals surface area contributed by atoms with Crippen molar-refractivity contribution in [3.63, 3.8) is 0 Å². The van der Waals surface area contributed by atoms with E-state index >= 15 is 0 Å². The lowest BCUT2D eigenvalue weighted by molar-refractivity contribution is -0.147. The monoisotopic (exact) mass is 676 g/mol. The van der Waals surface area contributed by atoms with Gasteiger partial charge >= 0.3 is 5.97 Å². The van der Waals surface area contributed by atoms with Crippen LogP contribution in [-0.2, 0) is 26.0 Å².